The van der Waals surface area contributed by atoms with Gasteiger partial charge in [0.15, 0.2) is 0 Å². The number of nitrogens with zero attached hydrogens (tertiary/aromatic N) is 2. The van der Waals surface area contributed by atoms with E-state index in [4.69, 9.17) is 5.26 Å². The highest BCUT2D eigenvalue weighted by atomic mass is 16.1. The van der Waals surface area contributed by atoms with Crippen LogP contribution in [-0.2, 0) is 0 Å². The van der Waals surface area contributed by atoms with E-state index in [2.05, 4.69) is 0 Å². The fraction of sp³-hybridized carbons (Fsp3) is 0.200. The lowest BCUT2D eigenvalue weighted by Crippen LogP contribution is -2.26. The second kappa shape index (κ2) is 4.89. The van der Waals surface area contributed by atoms with Crippen molar-refractivity contribution in [2.24, 2.45) is 0 Å². The van der Waals surface area contributed by atoms with Gasteiger partial charge in [0.2, 0.25) is 0 Å². The van der Waals surface area contributed by atoms with Crippen LogP contribution in [0.2, 0.25) is 0 Å². The topological polar surface area (TPSA) is 45.8 Å². The van der Waals surface area contributed by atoms with Gasteiger partial charge in [0, 0.05) is 6.20 Å². The van der Waals surface area contributed by atoms with Crippen molar-refractivity contribution in [1.82, 2.24) is 4.57 Å². The molecule has 1 unspecified atom stereocenters. The summed E-state index contributed by atoms with van der Waals surface area (Å²) in [7, 11) is 0. The van der Waals surface area contributed by atoms with Gasteiger partial charge in [0.1, 0.15) is 11.6 Å². The number of benzene rings is 1. The average Bonchev–Trinajstić information content (AvgIpc) is 2.40. The Labute approximate surface area is 106 Å². The molecule has 3 nitrogen and oxygen atoms in total. The monoisotopic (exact) mass is 238 g/mol. The molecule has 0 aliphatic rings. The molecule has 0 aliphatic carbocycles. The normalized spacial score (nSPS) is 11.8. The van der Waals surface area contributed by atoms with Crippen LogP contribution in [0.15, 0.2) is 47.4 Å². The third-order valence-electron chi connectivity index (χ3n) is 3.14. The highest BCUT2D eigenvalue weighted by Gasteiger charge is 2.12. The molecule has 90 valence electrons. The lowest BCUT2D eigenvalue weighted by atomic mass is 10.1. The summed E-state index contributed by atoms with van der Waals surface area (Å²) < 4.78 is 1.60. The van der Waals surface area contributed by atoms with Gasteiger partial charge in [-0.3, -0.25) is 4.79 Å². The molecule has 0 saturated carbocycles. The van der Waals surface area contributed by atoms with Crippen LogP contribution >= 0.6 is 0 Å². The summed E-state index contributed by atoms with van der Waals surface area (Å²) in [6.07, 6.45) is 1.75. The van der Waals surface area contributed by atoms with Crippen molar-refractivity contribution >= 4 is 0 Å². The van der Waals surface area contributed by atoms with Crippen molar-refractivity contribution < 1.29 is 0 Å². The number of pyridine rings is 1. The van der Waals surface area contributed by atoms with Crippen molar-refractivity contribution in [3.05, 3.63) is 69.6 Å². The van der Waals surface area contributed by atoms with Gasteiger partial charge in [0.25, 0.3) is 5.56 Å². The molecule has 0 aliphatic heterocycles. The van der Waals surface area contributed by atoms with Crippen LogP contribution in [-0.4, -0.2) is 4.57 Å². The largest absolute Gasteiger partial charge is 0.307 e. The molecular formula is C15H14N2O. The van der Waals surface area contributed by atoms with Crippen LogP contribution in [0.1, 0.15) is 29.7 Å². The first-order valence-corrected chi connectivity index (χ1v) is 5.82. The second-order valence-corrected chi connectivity index (χ2v) is 4.28. The molecular weight excluding hydrogens is 224 g/mol. The van der Waals surface area contributed by atoms with Crippen LogP contribution in [0, 0.1) is 18.3 Å². The van der Waals surface area contributed by atoms with Crippen LogP contribution < -0.4 is 5.56 Å². The third-order valence-corrected chi connectivity index (χ3v) is 3.14. The quantitative estimate of drug-likeness (QED) is 0.807. The molecule has 2 rings (SSSR count). The van der Waals surface area contributed by atoms with Gasteiger partial charge in [-0.05, 0) is 31.0 Å². The Bertz CT molecular complexity index is 650. The number of hydrogen-bond donors (Lipinski definition) is 0. The summed E-state index contributed by atoms with van der Waals surface area (Å²) in [5.74, 6) is 0. The van der Waals surface area contributed by atoms with E-state index < -0.39 is 0 Å². The predicted molar refractivity (Wildman–Crippen MR) is 70.4 cm³/mol. The van der Waals surface area contributed by atoms with E-state index in [1.165, 1.54) is 0 Å². The Kier molecular flexibility index (Phi) is 3.29. The summed E-state index contributed by atoms with van der Waals surface area (Å²) in [4.78, 5) is 12.2. The van der Waals surface area contributed by atoms with Gasteiger partial charge in [-0.25, -0.2) is 0 Å². The fourth-order valence-electron chi connectivity index (χ4n) is 1.97. The molecule has 3 heteroatoms. The number of rotatable bonds is 2. The Morgan fingerprint density at radius 1 is 1.22 bits per heavy atom. The molecule has 1 atom stereocenters. The Morgan fingerprint density at radius 2 is 1.89 bits per heavy atom. The molecule has 0 bridgehead atoms. The molecule has 0 N–H and O–H groups in total. The lowest BCUT2D eigenvalue weighted by molar-refractivity contribution is 0.612. The molecule has 0 fully saturated rings. The summed E-state index contributed by atoms with van der Waals surface area (Å²) in [6, 6.07) is 13.5. The number of nitriles is 1. The first-order valence-electron chi connectivity index (χ1n) is 5.82. The van der Waals surface area contributed by atoms with E-state index >= 15 is 0 Å². The number of aryl methyl sites for hydroxylation is 1. The van der Waals surface area contributed by atoms with E-state index in [0.717, 1.165) is 11.1 Å². The standard InChI is InChI=1S/C15H14N2O/c1-11-8-9-17(15(18)14(11)10-16)12(2)13-6-4-3-5-7-13/h3-9,12H,1-2H3. The minimum Gasteiger partial charge on any atom is -0.307 e. The molecule has 2 aromatic rings. The molecule has 1 aromatic carbocycles. The fourth-order valence-corrected chi connectivity index (χ4v) is 1.97. The van der Waals surface area contributed by atoms with Gasteiger partial charge in [-0.2, -0.15) is 5.26 Å². The first kappa shape index (κ1) is 12.1. The van der Waals surface area contributed by atoms with Gasteiger partial charge in [-0.1, -0.05) is 30.3 Å². The Hall–Kier alpha value is -2.34. The molecule has 0 radical (unpaired) electrons. The molecule has 0 amide bonds. The summed E-state index contributed by atoms with van der Waals surface area (Å²) in [5.41, 5.74) is 1.76. The predicted octanol–water partition coefficient (Wildman–Crippen LogP) is 2.64. The van der Waals surface area contributed by atoms with Crippen LogP contribution in [0.4, 0.5) is 0 Å². The van der Waals surface area contributed by atoms with E-state index in [1.54, 1.807) is 23.8 Å². The Balaban J connectivity index is 2.54. The minimum atomic E-state index is -0.228. The number of hydrogen-bond acceptors (Lipinski definition) is 2. The maximum atomic E-state index is 12.2. The van der Waals surface area contributed by atoms with Crippen LogP contribution in [0.3, 0.4) is 0 Å². The maximum Gasteiger partial charge on any atom is 0.269 e. The highest BCUT2D eigenvalue weighted by molar-refractivity contribution is 5.34. The zero-order valence-corrected chi connectivity index (χ0v) is 10.4. The Morgan fingerprint density at radius 3 is 2.50 bits per heavy atom. The van der Waals surface area contributed by atoms with Crippen LogP contribution in [0.25, 0.3) is 0 Å². The van der Waals surface area contributed by atoms with Gasteiger partial charge in [-0.15, -0.1) is 0 Å². The van der Waals surface area contributed by atoms with Crippen molar-refractivity contribution in [3.8, 4) is 6.07 Å². The molecule has 0 saturated heterocycles. The van der Waals surface area contributed by atoms with Crippen molar-refractivity contribution in [1.29, 1.82) is 5.26 Å². The van der Waals surface area contributed by atoms with Gasteiger partial charge >= 0.3 is 0 Å². The summed E-state index contributed by atoms with van der Waals surface area (Å²) in [6.45, 7) is 3.73. The lowest BCUT2D eigenvalue weighted by Gasteiger charge is -2.16. The van der Waals surface area contributed by atoms with Crippen molar-refractivity contribution in [2.75, 3.05) is 0 Å². The van der Waals surface area contributed by atoms with E-state index in [1.807, 2.05) is 43.3 Å². The maximum absolute atomic E-state index is 12.2. The zero-order chi connectivity index (χ0) is 13.1. The zero-order valence-electron chi connectivity index (χ0n) is 10.4. The van der Waals surface area contributed by atoms with Crippen LogP contribution in [0.5, 0.6) is 0 Å². The summed E-state index contributed by atoms with van der Waals surface area (Å²) >= 11 is 0. The second-order valence-electron chi connectivity index (χ2n) is 4.28. The van der Waals surface area contributed by atoms with Crippen molar-refractivity contribution in [2.45, 2.75) is 19.9 Å². The SMILES string of the molecule is Cc1ccn(C(C)c2ccccc2)c(=O)c1C#N. The molecule has 18 heavy (non-hydrogen) atoms. The van der Waals surface area contributed by atoms with Gasteiger partial charge < -0.3 is 4.57 Å². The molecule has 1 heterocycles. The first-order chi connectivity index (χ1) is 8.65. The highest BCUT2D eigenvalue weighted by Crippen LogP contribution is 2.16. The third kappa shape index (κ3) is 2.05. The van der Waals surface area contributed by atoms with E-state index in [0.29, 0.717) is 0 Å². The van der Waals surface area contributed by atoms with Crippen molar-refractivity contribution in [3.63, 3.8) is 0 Å². The molecule has 1 aromatic heterocycles. The number of aromatic nitrogens is 1. The smallest absolute Gasteiger partial charge is 0.269 e. The van der Waals surface area contributed by atoms with E-state index in [9.17, 15) is 4.79 Å². The summed E-state index contributed by atoms with van der Waals surface area (Å²) in [5, 5.41) is 9.01. The molecule has 0 spiro atoms. The van der Waals surface area contributed by atoms with E-state index in [-0.39, 0.29) is 17.2 Å². The average molecular weight is 238 g/mol. The minimum absolute atomic E-state index is 0.0774. The van der Waals surface area contributed by atoms with Gasteiger partial charge in [0.05, 0.1) is 6.04 Å².